The highest BCUT2D eigenvalue weighted by atomic mass is 35.5. The molecule has 3 nitrogen and oxygen atoms in total. The molecule has 0 radical (unpaired) electrons. The molecule has 4 heteroatoms. The summed E-state index contributed by atoms with van der Waals surface area (Å²) < 4.78 is 0. The number of ketones is 1. The van der Waals surface area contributed by atoms with Crippen molar-refractivity contribution in [2.45, 2.75) is 12.1 Å². The van der Waals surface area contributed by atoms with E-state index in [-0.39, 0.29) is 17.9 Å². The molecule has 0 aliphatic carbocycles. The summed E-state index contributed by atoms with van der Waals surface area (Å²) in [5.41, 5.74) is 3.67. The monoisotopic (exact) mass is 270 g/mol. The predicted molar refractivity (Wildman–Crippen MR) is 76.0 cm³/mol. The first kappa shape index (κ1) is 10.9. The minimum Gasteiger partial charge on any atom is -0.375 e. The number of carbonyl (C=O) groups is 1. The van der Waals surface area contributed by atoms with Crippen LogP contribution in [0.15, 0.2) is 42.5 Å². The van der Waals surface area contributed by atoms with Crippen molar-refractivity contribution in [2.24, 2.45) is 0 Å². The molecular formula is C15H11ClN2O. The van der Waals surface area contributed by atoms with Crippen molar-refractivity contribution in [1.29, 1.82) is 0 Å². The highest BCUT2D eigenvalue weighted by Crippen LogP contribution is 2.42. The van der Waals surface area contributed by atoms with Gasteiger partial charge in [-0.2, -0.15) is 0 Å². The van der Waals surface area contributed by atoms with Crippen molar-refractivity contribution in [3.05, 3.63) is 58.6 Å². The topological polar surface area (TPSA) is 41.1 Å². The summed E-state index contributed by atoms with van der Waals surface area (Å²) in [7, 11) is 0. The van der Waals surface area contributed by atoms with Gasteiger partial charge in [0, 0.05) is 27.5 Å². The van der Waals surface area contributed by atoms with E-state index in [1.54, 1.807) is 0 Å². The maximum absolute atomic E-state index is 12.5. The molecule has 0 aromatic heterocycles. The van der Waals surface area contributed by atoms with E-state index in [0.717, 1.165) is 22.5 Å². The number of hydrogen-bond donors (Lipinski definition) is 2. The van der Waals surface area contributed by atoms with Gasteiger partial charge in [0.05, 0.1) is 6.04 Å². The van der Waals surface area contributed by atoms with E-state index in [4.69, 9.17) is 11.6 Å². The van der Waals surface area contributed by atoms with E-state index < -0.39 is 0 Å². The maximum Gasteiger partial charge on any atom is 0.189 e. The van der Waals surface area contributed by atoms with Gasteiger partial charge in [-0.05, 0) is 30.3 Å². The molecule has 2 aliphatic rings. The zero-order chi connectivity index (χ0) is 13.0. The highest BCUT2D eigenvalue weighted by Gasteiger charge is 2.41. The standard InChI is InChI=1S/C15H11ClN2O/c16-8-5-6-12-10(7-8)13-14(18-12)15(19)9-3-1-2-4-11(9)17-13/h1-7,13-14,17-18H. The van der Waals surface area contributed by atoms with E-state index >= 15 is 0 Å². The fourth-order valence-electron chi connectivity index (χ4n) is 2.89. The summed E-state index contributed by atoms with van der Waals surface area (Å²) in [6.45, 7) is 0. The Morgan fingerprint density at radius 1 is 0.947 bits per heavy atom. The molecule has 2 N–H and O–H groups in total. The van der Waals surface area contributed by atoms with Gasteiger partial charge in [-0.3, -0.25) is 4.79 Å². The third-order valence-corrected chi connectivity index (χ3v) is 4.01. The lowest BCUT2D eigenvalue weighted by Crippen LogP contribution is -2.38. The molecule has 0 fully saturated rings. The summed E-state index contributed by atoms with van der Waals surface area (Å²) >= 11 is 6.05. The maximum atomic E-state index is 12.5. The Labute approximate surface area is 115 Å². The summed E-state index contributed by atoms with van der Waals surface area (Å²) in [6, 6.07) is 13.0. The van der Waals surface area contributed by atoms with Gasteiger partial charge < -0.3 is 10.6 Å². The van der Waals surface area contributed by atoms with E-state index in [9.17, 15) is 4.79 Å². The average Bonchev–Trinajstić information content (AvgIpc) is 2.78. The van der Waals surface area contributed by atoms with Gasteiger partial charge in [-0.25, -0.2) is 0 Å². The Hall–Kier alpha value is -2.00. The molecule has 19 heavy (non-hydrogen) atoms. The molecule has 0 saturated heterocycles. The van der Waals surface area contributed by atoms with Crippen molar-refractivity contribution < 1.29 is 4.79 Å². The lowest BCUT2D eigenvalue weighted by molar-refractivity contribution is 0.0960. The fourth-order valence-corrected chi connectivity index (χ4v) is 3.07. The molecule has 0 amide bonds. The van der Waals surface area contributed by atoms with E-state index in [0.29, 0.717) is 5.02 Å². The smallest absolute Gasteiger partial charge is 0.189 e. The van der Waals surface area contributed by atoms with Crippen LogP contribution in [0.2, 0.25) is 5.02 Å². The van der Waals surface area contributed by atoms with Gasteiger partial charge in [0.25, 0.3) is 0 Å². The molecule has 0 bridgehead atoms. The molecule has 2 aliphatic heterocycles. The van der Waals surface area contributed by atoms with Gasteiger partial charge in [-0.1, -0.05) is 23.7 Å². The second-order valence-electron chi connectivity index (χ2n) is 4.89. The first-order chi connectivity index (χ1) is 9.24. The Morgan fingerprint density at radius 2 is 1.74 bits per heavy atom. The van der Waals surface area contributed by atoms with Crippen LogP contribution in [-0.4, -0.2) is 11.8 Å². The van der Waals surface area contributed by atoms with Crippen LogP contribution >= 0.6 is 11.6 Å². The van der Waals surface area contributed by atoms with Gasteiger partial charge in [0.2, 0.25) is 0 Å². The minimum atomic E-state index is -0.247. The number of para-hydroxylation sites is 1. The van der Waals surface area contributed by atoms with E-state index in [2.05, 4.69) is 10.6 Å². The van der Waals surface area contributed by atoms with Crippen LogP contribution in [0, 0.1) is 0 Å². The zero-order valence-corrected chi connectivity index (χ0v) is 10.7. The quantitative estimate of drug-likeness (QED) is 0.770. The third-order valence-electron chi connectivity index (χ3n) is 3.78. The molecule has 2 aromatic rings. The van der Waals surface area contributed by atoms with Crippen molar-refractivity contribution in [3.8, 4) is 0 Å². The van der Waals surface area contributed by atoms with Crippen LogP contribution < -0.4 is 10.6 Å². The normalized spacial score (nSPS) is 22.9. The van der Waals surface area contributed by atoms with E-state index in [1.807, 2.05) is 42.5 Å². The largest absolute Gasteiger partial charge is 0.375 e. The number of benzene rings is 2. The molecule has 2 heterocycles. The number of halogens is 1. The summed E-state index contributed by atoms with van der Waals surface area (Å²) in [5, 5.41) is 7.40. The number of rotatable bonds is 0. The molecule has 2 aromatic carbocycles. The van der Waals surface area contributed by atoms with Crippen LogP contribution in [0.3, 0.4) is 0 Å². The Balaban J connectivity index is 1.85. The fraction of sp³-hybridized carbons (Fsp3) is 0.133. The molecule has 2 unspecified atom stereocenters. The SMILES string of the molecule is O=C1c2ccccc2NC2c3cc(Cl)ccc3NC12. The van der Waals surface area contributed by atoms with Crippen molar-refractivity contribution in [1.82, 2.24) is 0 Å². The Bertz CT molecular complexity index is 698. The Kier molecular flexibility index (Phi) is 2.15. The summed E-state index contributed by atoms with van der Waals surface area (Å²) in [4.78, 5) is 12.5. The number of fused-ring (bicyclic) bond motifs is 4. The molecule has 2 atom stereocenters. The van der Waals surface area contributed by atoms with Crippen molar-refractivity contribution in [3.63, 3.8) is 0 Å². The van der Waals surface area contributed by atoms with Crippen LogP contribution in [0.25, 0.3) is 0 Å². The van der Waals surface area contributed by atoms with Crippen molar-refractivity contribution >= 4 is 28.8 Å². The number of anilines is 2. The van der Waals surface area contributed by atoms with Gasteiger partial charge in [-0.15, -0.1) is 0 Å². The lowest BCUT2D eigenvalue weighted by Gasteiger charge is -2.28. The molecular weight excluding hydrogens is 260 g/mol. The lowest BCUT2D eigenvalue weighted by atomic mass is 9.91. The Morgan fingerprint density at radius 3 is 2.63 bits per heavy atom. The minimum absolute atomic E-state index is 0.0453. The number of nitrogens with one attached hydrogen (secondary N) is 2. The number of Topliss-reactive ketones (excluding diaryl/α,β-unsaturated/α-hetero) is 1. The number of carbonyl (C=O) groups excluding carboxylic acids is 1. The third kappa shape index (κ3) is 1.48. The van der Waals surface area contributed by atoms with Crippen LogP contribution in [0.4, 0.5) is 11.4 Å². The average molecular weight is 271 g/mol. The second-order valence-corrected chi connectivity index (χ2v) is 5.32. The molecule has 94 valence electrons. The highest BCUT2D eigenvalue weighted by molar-refractivity contribution is 6.30. The summed E-state index contributed by atoms with van der Waals surface area (Å²) in [6.07, 6.45) is 0. The zero-order valence-electron chi connectivity index (χ0n) is 9.98. The van der Waals surface area contributed by atoms with Crippen LogP contribution in [0.5, 0.6) is 0 Å². The van der Waals surface area contributed by atoms with Crippen LogP contribution in [-0.2, 0) is 0 Å². The molecule has 0 spiro atoms. The first-order valence-corrected chi connectivity index (χ1v) is 6.57. The summed E-state index contributed by atoms with van der Waals surface area (Å²) in [5.74, 6) is 0.131. The van der Waals surface area contributed by atoms with Crippen LogP contribution in [0.1, 0.15) is 22.0 Å². The van der Waals surface area contributed by atoms with Crippen molar-refractivity contribution in [2.75, 3.05) is 10.6 Å². The molecule has 4 rings (SSSR count). The van der Waals surface area contributed by atoms with E-state index in [1.165, 1.54) is 0 Å². The van der Waals surface area contributed by atoms with Gasteiger partial charge in [0.15, 0.2) is 5.78 Å². The van der Waals surface area contributed by atoms with Gasteiger partial charge >= 0.3 is 0 Å². The van der Waals surface area contributed by atoms with Gasteiger partial charge in [0.1, 0.15) is 6.04 Å². The second kappa shape index (κ2) is 3.75. The number of hydrogen-bond acceptors (Lipinski definition) is 3. The molecule has 0 saturated carbocycles. The predicted octanol–water partition coefficient (Wildman–Crippen LogP) is 3.48. The first-order valence-electron chi connectivity index (χ1n) is 6.20.